The van der Waals surface area contributed by atoms with Gasteiger partial charge in [0.15, 0.2) is 25.5 Å². The summed E-state index contributed by atoms with van der Waals surface area (Å²) in [6.07, 6.45) is 0. The number of rotatable bonds is 7. The van der Waals surface area contributed by atoms with E-state index in [9.17, 15) is 0 Å². The zero-order chi connectivity index (χ0) is 36.6. The van der Waals surface area contributed by atoms with E-state index in [4.69, 9.17) is 15.0 Å². The highest BCUT2D eigenvalue weighted by atomic mass is 28.3. The molecule has 9 aromatic rings. The zero-order valence-corrected chi connectivity index (χ0v) is 31.0. The average Bonchev–Trinajstić information content (AvgIpc) is 3.59. The Bertz CT molecular complexity index is 2730. The summed E-state index contributed by atoms with van der Waals surface area (Å²) in [6, 6.07) is 76.1. The van der Waals surface area contributed by atoms with E-state index in [0.717, 1.165) is 27.8 Å². The van der Waals surface area contributed by atoms with Crippen molar-refractivity contribution in [2.75, 3.05) is 0 Å². The van der Waals surface area contributed by atoms with Crippen molar-refractivity contribution in [1.82, 2.24) is 15.0 Å². The van der Waals surface area contributed by atoms with Gasteiger partial charge >= 0.3 is 0 Å². The first kappa shape index (κ1) is 32.6. The topological polar surface area (TPSA) is 38.7 Å². The second-order valence-electron chi connectivity index (χ2n) is 13.9. The van der Waals surface area contributed by atoms with E-state index in [1.165, 1.54) is 43.0 Å². The highest BCUT2D eigenvalue weighted by Crippen LogP contribution is 2.37. The van der Waals surface area contributed by atoms with Crippen LogP contribution in [0.2, 0.25) is 0 Å². The molecule has 0 saturated heterocycles. The predicted octanol–water partition coefficient (Wildman–Crippen LogP) is 9.56. The zero-order valence-electron chi connectivity index (χ0n) is 30.0. The fourth-order valence-corrected chi connectivity index (χ4v) is 13.5. The molecule has 0 atom stereocenters. The van der Waals surface area contributed by atoms with E-state index in [2.05, 4.69) is 176 Å². The molecule has 258 valence electrons. The van der Waals surface area contributed by atoms with Crippen LogP contribution >= 0.6 is 0 Å². The van der Waals surface area contributed by atoms with Gasteiger partial charge in [0.1, 0.15) is 0 Å². The minimum atomic E-state index is -2.58. The molecule has 0 N–H and O–H groups in total. The Morgan fingerprint density at radius 2 is 0.618 bits per heavy atom. The average molecular weight is 718 g/mol. The van der Waals surface area contributed by atoms with E-state index in [-0.39, 0.29) is 0 Å². The lowest BCUT2D eigenvalue weighted by Crippen LogP contribution is -2.72. The molecule has 0 saturated carbocycles. The molecule has 1 aromatic heterocycles. The Morgan fingerprint density at radius 3 is 1.16 bits per heavy atom. The van der Waals surface area contributed by atoms with Gasteiger partial charge in [0.2, 0.25) is 0 Å². The van der Waals surface area contributed by atoms with E-state index < -0.39 is 8.07 Å². The lowest BCUT2D eigenvalue weighted by Gasteiger charge is -2.31. The fraction of sp³-hybridized carbons (Fsp3) is 0. The van der Waals surface area contributed by atoms with Gasteiger partial charge in [0, 0.05) is 16.7 Å². The first-order valence-electron chi connectivity index (χ1n) is 18.7. The van der Waals surface area contributed by atoms with E-state index in [0.29, 0.717) is 17.5 Å². The summed E-state index contributed by atoms with van der Waals surface area (Å²) < 4.78 is 0. The van der Waals surface area contributed by atoms with Gasteiger partial charge in [-0.05, 0) is 54.1 Å². The molecule has 3 nitrogen and oxygen atoms in total. The van der Waals surface area contributed by atoms with Crippen LogP contribution in [0.15, 0.2) is 212 Å². The Morgan fingerprint density at radius 1 is 0.255 bits per heavy atom. The van der Waals surface area contributed by atoms with Gasteiger partial charge in [-0.2, -0.15) is 0 Å². The Hall–Kier alpha value is -7.01. The van der Waals surface area contributed by atoms with Gasteiger partial charge < -0.3 is 0 Å². The molecular weight excluding hydrogens is 683 g/mol. The van der Waals surface area contributed by atoms with Gasteiger partial charge in [-0.15, -0.1) is 0 Å². The summed E-state index contributed by atoms with van der Waals surface area (Å²) in [4.78, 5) is 15.1. The van der Waals surface area contributed by atoms with Crippen LogP contribution in [0.4, 0.5) is 0 Å². The third kappa shape index (κ3) is 5.63. The summed E-state index contributed by atoms with van der Waals surface area (Å²) >= 11 is 0. The Balaban J connectivity index is 1.09. The molecule has 0 fully saturated rings. The normalized spacial score (nSPS) is 12.5. The quantitative estimate of drug-likeness (QED) is 0.154. The number of hydrogen-bond donors (Lipinski definition) is 0. The molecule has 0 amide bonds. The monoisotopic (exact) mass is 717 g/mol. The van der Waals surface area contributed by atoms with E-state index in [1.54, 1.807) is 0 Å². The molecule has 4 heteroatoms. The van der Waals surface area contributed by atoms with Gasteiger partial charge in [0.05, 0.1) is 0 Å². The van der Waals surface area contributed by atoms with Crippen LogP contribution in [0.3, 0.4) is 0 Å². The van der Waals surface area contributed by atoms with Crippen molar-refractivity contribution < 1.29 is 0 Å². The van der Waals surface area contributed by atoms with Crippen LogP contribution < -0.4 is 20.7 Å². The van der Waals surface area contributed by atoms with Crippen molar-refractivity contribution in [3.8, 4) is 67.5 Å². The maximum Gasteiger partial charge on any atom is 0.180 e. The molecule has 0 radical (unpaired) electrons. The molecule has 0 unspecified atom stereocenters. The third-order valence-corrected chi connectivity index (χ3v) is 15.7. The first-order valence-corrected chi connectivity index (χ1v) is 20.7. The number of fused-ring (bicyclic) bond motifs is 3. The van der Waals surface area contributed by atoms with Gasteiger partial charge in [-0.25, -0.2) is 15.0 Å². The van der Waals surface area contributed by atoms with Crippen LogP contribution in [0.1, 0.15) is 0 Å². The second kappa shape index (κ2) is 13.8. The van der Waals surface area contributed by atoms with Gasteiger partial charge in [-0.1, -0.05) is 212 Å². The summed E-state index contributed by atoms with van der Waals surface area (Å²) in [6.45, 7) is 0. The third-order valence-electron chi connectivity index (χ3n) is 10.9. The highest BCUT2D eigenvalue weighted by Gasteiger charge is 2.49. The highest BCUT2D eigenvalue weighted by molar-refractivity contribution is 7.22. The molecule has 8 aromatic carbocycles. The fourth-order valence-electron chi connectivity index (χ4n) is 8.33. The van der Waals surface area contributed by atoms with Crippen LogP contribution in [-0.4, -0.2) is 23.0 Å². The van der Waals surface area contributed by atoms with Crippen LogP contribution in [-0.2, 0) is 0 Å². The summed E-state index contributed by atoms with van der Waals surface area (Å²) in [7, 11) is -2.58. The standard InChI is InChI=1S/C51H35N3Si/c1-5-16-36(17-6-1)37-28-32-40(33-29-37)50-52-49(39-18-7-2-8-19-39)53-51(54-50)41-34-30-38(31-35-41)44-25-15-27-47-48(44)45-24-13-14-26-46(45)55(47,42-20-9-3-10-21-42)43-22-11-4-12-23-43/h1-35H. The van der Waals surface area contributed by atoms with Gasteiger partial charge in [-0.3, -0.25) is 0 Å². The van der Waals surface area contributed by atoms with Crippen LogP contribution in [0.5, 0.6) is 0 Å². The van der Waals surface area contributed by atoms with Crippen molar-refractivity contribution >= 4 is 28.8 Å². The Kier molecular flexibility index (Phi) is 8.16. The molecular formula is C51H35N3Si. The lowest BCUT2D eigenvalue weighted by atomic mass is 9.94. The second-order valence-corrected chi connectivity index (χ2v) is 17.7. The largest absolute Gasteiger partial charge is 0.208 e. The van der Waals surface area contributed by atoms with Crippen molar-refractivity contribution in [2.24, 2.45) is 0 Å². The SMILES string of the molecule is c1ccc(-c2ccc(-c3nc(-c4ccccc4)nc(-c4ccc(-c5cccc6c5-c5ccccc5[Si]6(c5ccccc5)c5ccccc5)cc4)n3)cc2)cc1. The smallest absolute Gasteiger partial charge is 0.180 e. The Labute approximate surface area is 322 Å². The molecule has 10 rings (SSSR count). The molecule has 1 aliphatic rings. The van der Waals surface area contributed by atoms with E-state index >= 15 is 0 Å². The first-order chi connectivity index (χ1) is 27.3. The molecule has 2 heterocycles. The predicted molar refractivity (Wildman–Crippen MR) is 230 cm³/mol. The summed E-state index contributed by atoms with van der Waals surface area (Å²) in [5.41, 5.74) is 10.2. The maximum absolute atomic E-state index is 5.06. The number of aromatic nitrogens is 3. The van der Waals surface area contributed by atoms with Crippen molar-refractivity contribution in [1.29, 1.82) is 0 Å². The van der Waals surface area contributed by atoms with Crippen molar-refractivity contribution in [3.05, 3.63) is 212 Å². The molecule has 1 aliphatic heterocycles. The molecule has 55 heavy (non-hydrogen) atoms. The van der Waals surface area contributed by atoms with Crippen molar-refractivity contribution in [2.45, 2.75) is 0 Å². The maximum atomic E-state index is 5.06. The van der Waals surface area contributed by atoms with E-state index in [1.807, 2.05) is 36.4 Å². The molecule has 0 spiro atoms. The lowest BCUT2D eigenvalue weighted by molar-refractivity contribution is 1.07. The number of nitrogens with zero attached hydrogens (tertiary/aromatic N) is 3. The minimum Gasteiger partial charge on any atom is -0.208 e. The minimum absolute atomic E-state index is 0.644. The van der Waals surface area contributed by atoms with Crippen molar-refractivity contribution in [3.63, 3.8) is 0 Å². The van der Waals surface area contributed by atoms with Crippen LogP contribution in [0, 0.1) is 0 Å². The summed E-state index contributed by atoms with van der Waals surface area (Å²) in [5.74, 6) is 1.94. The molecule has 0 bridgehead atoms. The number of hydrogen-bond acceptors (Lipinski definition) is 3. The molecule has 0 aliphatic carbocycles. The van der Waals surface area contributed by atoms with Gasteiger partial charge in [0.25, 0.3) is 0 Å². The number of benzene rings is 8. The van der Waals surface area contributed by atoms with Crippen LogP contribution in [0.25, 0.3) is 67.5 Å². The summed E-state index contributed by atoms with van der Waals surface area (Å²) in [5, 5.41) is 5.67.